The van der Waals surface area contributed by atoms with Gasteiger partial charge in [-0.1, -0.05) is 0 Å². The fourth-order valence-electron chi connectivity index (χ4n) is 2.29. The number of anilines is 1. The van der Waals surface area contributed by atoms with Crippen LogP contribution in [-0.2, 0) is 11.8 Å². The number of aromatic nitrogens is 3. The van der Waals surface area contributed by atoms with Crippen molar-refractivity contribution in [1.29, 1.82) is 0 Å². The minimum Gasteiger partial charge on any atom is -0.324 e. The highest BCUT2D eigenvalue weighted by molar-refractivity contribution is 8.00. The van der Waals surface area contributed by atoms with Gasteiger partial charge in [0.05, 0.1) is 23.3 Å². The molecular weight excluding hydrogens is 334 g/mol. The first-order chi connectivity index (χ1) is 11.4. The molecule has 0 fully saturated rings. The van der Waals surface area contributed by atoms with Gasteiger partial charge >= 0.3 is 0 Å². The van der Waals surface area contributed by atoms with Crippen LogP contribution in [0.5, 0.6) is 0 Å². The summed E-state index contributed by atoms with van der Waals surface area (Å²) in [5, 5.41) is 7.88. The number of nitrogens with one attached hydrogen (secondary N) is 1. The second-order valence-corrected chi connectivity index (χ2v) is 6.27. The molecule has 8 heteroatoms. The van der Waals surface area contributed by atoms with Crippen LogP contribution < -0.4 is 5.32 Å². The zero-order chi connectivity index (χ0) is 17.3. The zero-order valence-corrected chi connectivity index (χ0v) is 13.8. The number of hydrogen-bond acceptors (Lipinski definition) is 4. The number of hydrogen-bond donors (Lipinski definition) is 1. The van der Waals surface area contributed by atoms with E-state index in [-0.39, 0.29) is 11.7 Å². The van der Waals surface area contributed by atoms with Gasteiger partial charge in [-0.05, 0) is 31.2 Å². The van der Waals surface area contributed by atoms with E-state index < -0.39 is 11.6 Å². The molecule has 3 aromatic rings. The molecule has 3 rings (SSSR count). The molecule has 0 aliphatic carbocycles. The molecule has 0 atom stereocenters. The van der Waals surface area contributed by atoms with Gasteiger partial charge in [0.25, 0.3) is 0 Å². The Morgan fingerprint density at radius 3 is 2.83 bits per heavy atom. The van der Waals surface area contributed by atoms with Crippen molar-refractivity contribution < 1.29 is 13.6 Å². The van der Waals surface area contributed by atoms with Crippen LogP contribution in [-0.4, -0.2) is 26.4 Å². The number of rotatable bonds is 4. The average Bonchev–Trinajstić information content (AvgIpc) is 2.83. The summed E-state index contributed by atoms with van der Waals surface area (Å²) < 4.78 is 27.7. The normalized spacial score (nSPS) is 11.0. The fourth-order valence-corrected chi connectivity index (χ4v) is 3.01. The minimum absolute atomic E-state index is 0.0785. The van der Waals surface area contributed by atoms with Crippen molar-refractivity contribution in [2.24, 2.45) is 7.05 Å². The molecule has 0 radical (unpaired) electrons. The Morgan fingerprint density at radius 1 is 1.29 bits per heavy atom. The van der Waals surface area contributed by atoms with E-state index in [0.717, 1.165) is 40.6 Å². The maximum Gasteiger partial charge on any atom is 0.234 e. The minimum atomic E-state index is -0.929. The quantitative estimate of drug-likeness (QED) is 0.735. The van der Waals surface area contributed by atoms with E-state index in [1.807, 2.05) is 13.0 Å². The molecule has 5 nitrogen and oxygen atoms in total. The number of thioether (sulfide) groups is 1. The standard InChI is InChI=1S/C16H14F2N4OS/c1-9-12-5-10(7-19-16(12)22(2)21-9)20-15(23)8-24-11-3-4-13(17)14(18)6-11/h3-7H,8H2,1-2H3,(H,20,23). The molecule has 0 saturated heterocycles. The van der Waals surface area contributed by atoms with Crippen molar-refractivity contribution >= 4 is 34.4 Å². The third kappa shape index (κ3) is 3.38. The van der Waals surface area contributed by atoms with E-state index in [1.54, 1.807) is 17.9 Å². The third-order valence-corrected chi connectivity index (χ3v) is 4.40. The number of aryl methyl sites for hydroxylation is 2. The van der Waals surface area contributed by atoms with Crippen LogP contribution in [0.4, 0.5) is 14.5 Å². The molecule has 1 amide bonds. The summed E-state index contributed by atoms with van der Waals surface area (Å²) in [7, 11) is 1.80. The fraction of sp³-hybridized carbons (Fsp3) is 0.188. The molecule has 0 unspecified atom stereocenters. The highest BCUT2D eigenvalue weighted by atomic mass is 32.2. The van der Waals surface area contributed by atoms with Crippen molar-refractivity contribution in [3.8, 4) is 0 Å². The van der Waals surface area contributed by atoms with E-state index in [1.165, 1.54) is 6.07 Å². The molecule has 0 saturated carbocycles. The zero-order valence-electron chi connectivity index (χ0n) is 13.0. The van der Waals surface area contributed by atoms with Crippen molar-refractivity contribution in [2.75, 3.05) is 11.1 Å². The summed E-state index contributed by atoms with van der Waals surface area (Å²) in [6, 6.07) is 5.35. The van der Waals surface area contributed by atoms with Crippen LogP contribution >= 0.6 is 11.8 Å². The second-order valence-electron chi connectivity index (χ2n) is 5.22. The first kappa shape index (κ1) is 16.4. The number of nitrogens with zero attached hydrogens (tertiary/aromatic N) is 3. The molecule has 2 aromatic heterocycles. The molecule has 1 aromatic carbocycles. The predicted molar refractivity (Wildman–Crippen MR) is 89.0 cm³/mol. The smallest absolute Gasteiger partial charge is 0.234 e. The maximum absolute atomic E-state index is 13.1. The van der Waals surface area contributed by atoms with Crippen molar-refractivity contribution in [3.05, 3.63) is 47.8 Å². The molecule has 2 heterocycles. The van der Waals surface area contributed by atoms with Crippen LogP contribution in [0.2, 0.25) is 0 Å². The lowest BCUT2D eigenvalue weighted by atomic mass is 10.2. The van der Waals surface area contributed by atoms with Crippen molar-refractivity contribution in [1.82, 2.24) is 14.8 Å². The van der Waals surface area contributed by atoms with E-state index in [2.05, 4.69) is 15.4 Å². The highest BCUT2D eigenvalue weighted by Gasteiger charge is 2.10. The summed E-state index contributed by atoms with van der Waals surface area (Å²) in [5.41, 5.74) is 2.13. The molecular formula is C16H14F2N4OS. The lowest BCUT2D eigenvalue weighted by molar-refractivity contribution is -0.113. The molecule has 1 N–H and O–H groups in total. The molecule has 124 valence electrons. The Morgan fingerprint density at radius 2 is 2.08 bits per heavy atom. The van der Waals surface area contributed by atoms with Crippen LogP contribution in [0, 0.1) is 18.6 Å². The number of amides is 1. The SMILES string of the molecule is Cc1nn(C)c2ncc(NC(=O)CSc3ccc(F)c(F)c3)cc12. The Bertz CT molecular complexity index is 926. The summed E-state index contributed by atoms with van der Waals surface area (Å²) >= 11 is 1.13. The van der Waals surface area contributed by atoms with Gasteiger partial charge < -0.3 is 5.32 Å². The Balaban J connectivity index is 1.66. The summed E-state index contributed by atoms with van der Waals surface area (Å²) in [6.45, 7) is 1.87. The van der Waals surface area contributed by atoms with Gasteiger partial charge in [0.15, 0.2) is 17.3 Å². The van der Waals surface area contributed by atoms with Gasteiger partial charge in [-0.3, -0.25) is 9.48 Å². The first-order valence-corrected chi connectivity index (χ1v) is 8.09. The third-order valence-electron chi connectivity index (χ3n) is 3.41. The summed E-state index contributed by atoms with van der Waals surface area (Å²) in [4.78, 5) is 16.8. The topological polar surface area (TPSA) is 59.8 Å². The van der Waals surface area contributed by atoms with Gasteiger partial charge in [-0.15, -0.1) is 11.8 Å². The van der Waals surface area contributed by atoms with Gasteiger partial charge in [0, 0.05) is 17.3 Å². The van der Waals surface area contributed by atoms with Gasteiger partial charge in [-0.25, -0.2) is 13.8 Å². The number of carbonyl (C=O) groups excluding carboxylic acids is 1. The summed E-state index contributed by atoms with van der Waals surface area (Å²) in [6.07, 6.45) is 1.56. The van der Waals surface area contributed by atoms with E-state index in [9.17, 15) is 13.6 Å². The van der Waals surface area contributed by atoms with Crippen LogP contribution in [0.25, 0.3) is 11.0 Å². The monoisotopic (exact) mass is 348 g/mol. The average molecular weight is 348 g/mol. The Labute approximate surface area is 141 Å². The maximum atomic E-state index is 13.1. The molecule has 24 heavy (non-hydrogen) atoms. The molecule has 0 aliphatic heterocycles. The van der Waals surface area contributed by atoms with Gasteiger partial charge in [0.2, 0.25) is 5.91 Å². The number of pyridine rings is 1. The predicted octanol–water partition coefficient (Wildman–Crippen LogP) is 3.29. The molecule has 0 bridgehead atoms. The lowest BCUT2D eigenvalue weighted by Crippen LogP contribution is -2.14. The van der Waals surface area contributed by atoms with Crippen molar-refractivity contribution in [2.45, 2.75) is 11.8 Å². The lowest BCUT2D eigenvalue weighted by Gasteiger charge is -2.06. The van der Waals surface area contributed by atoms with Crippen LogP contribution in [0.15, 0.2) is 35.4 Å². The largest absolute Gasteiger partial charge is 0.324 e. The Hall–Kier alpha value is -2.48. The van der Waals surface area contributed by atoms with E-state index >= 15 is 0 Å². The van der Waals surface area contributed by atoms with Gasteiger partial charge in [0.1, 0.15) is 0 Å². The number of benzene rings is 1. The Kier molecular flexibility index (Phi) is 4.48. The summed E-state index contributed by atoms with van der Waals surface area (Å²) in [5.74, 6) is -2.01. The van der Waals surface area contributed by atoms with E-state index in [4.69, 9.17) is 0 Å². The number of fused-ring (bicyclic) bond motifs is 1. The van der Waals surface area contributed by atoms with Crippen molar-refractivity contribution in [3.63, 3.8) is 0 Å². The van der Waals surface area contributed by atoms with Crippen LogP contribution in [0.1, 0.15) is 5.69 Å². The number of carbonyl (C=O) groups is 1. The van der Waals surface area contributed by atoms with E-state index in [0.29, 0.717) is 10.6 Å². The highest BCUT2D eigenvalue weighted by Crippen LogP contribution is 2.22. The molecule has 0 spiro atoms. The second kappa shape index (κ2) is 6.56. The van der Waals surface area contributed by atoms with Crippen LogP contribution in [0.3, 0.4) is 0 Å². The first-order valence-electron chi connectivity index (χ1n) is 7.11. The number of halogens is 2. The molecule has 0 aliphatic rings. The van der Waals surface area contributed by atoms with Gasteiger partial charge in [-0.2, -0.15) is 5.10 Å².